The molecule has 0 spiro atoms. The van der Waals surface area contributed by atoms with Crippen molar-refractivity contribution in [2.45, 2.75) is 30.3 Å². The lowest BCUT2D eigenvalue weighted by Crippen LogP contribution is -2.42. The van der Waals surface area contributed by atoms with Gasteiger partial charge in [-0.2, -0.15) is 4.31 Å². The zero-order chi connectivity index (χ0) is 23.8. The van der Waals surface area contributed by atoms with E-state index in [9.17, 15) is 22.7 Å². The molecule has 3 aromatic carbocycles. The summed E-state index contributed by atoms with van der Waals surface area (Å²) in [6.45, 7) is 1.86. The van der Waals surface area contributed by atoms with E-state index in [2.05, 4.69) is 15.9 Å². The van der Waals surface area contributed by atoms with Gasteiger partial charge in [0.2, 0.25) is 10.0 Å². The first-order valence-electron chi connectivity index (χ1n) is 10.2. The molecule has 4 rings (SSSR count). The maximum Gasteiger partial charge on any atom is 0.333 e. The van der Waals surface area contributed by atoms with Crippen molar-refractivity contribution in [1.29, 1.82) is 0 Å². The Morgan fingerprint density at radius 1 is 1.03 bits per heavy atom. The van der Waals surface area contributed by atoms with E-state index >= 15 is 0 Å². The molecule has 0 bridgehead atoms. The molecule has 0 fully saturated rings. The maximum absolute atomic E-state index is 14.0. The number of carboxylic acids is 1. The molecule has 0 aromatic heterocycles. The van der Waals surface area contributed by atoms with E-state index in [-0.39, 0.29) is 16.9 Å². The number of halogens is 2. The average Bonchev–Trinajstić information content (AvgIpc) is 2.79. The van der Waals surface area contributed by atoms with Gasteiger partial charge in [-0.25, -0.2) is 17.6 Å². The van der Waals surface area contributed by atoms with Gasteiger partial charge in [0.25, 0.3) is 0 Å². The summed E-state index contributed by atoms with van der Waals surface area (Å²) in [7, 11) is -4.14. The van der Waals surface area contributed by atoms with Gasteiger partial charge in [0, 0.05) is 4.47 Å². The maximum atomic E-state index is 14.0. The number of aryl methyl sites for hydroxylation is 1. The smallest absolute Gasteiger partial charge is 0.333 e. The summed E-state index contributed by atoms with van der Waals surface area (Å²) in [4.78, 5) is 12.3. The van der Waals surface area contributed by atoms with Crippen LogP contribution in [0.1, 0.15) is 35.2 Å². The molecular formula is C25H21BrFNO4S. The molecule has 0 aliphatic carbocycles. The van der Waals surface area contributed by atoms with Gasteiger partial charge in [-0.05, 0) is 60.9 Å². The van der Waals surface area contributed by atoms with Crippen LogP contribution in [0, 0.1) is 12.7 Å². The fourth-order valence-electron chi connectivity index (χ4n) is 4.08. The van der Waals surface area contributed by atoms with Crippen LogP contribution in [0.25, 0.3) is 0 Å². The van der Waals surface area contributed by atoms with Crippen molar-refractivity contribution in [2.75, 3.05) is 0 Å². The van der Waals surface area contributed by atoms with Gasteiger partial charge in [-0.1, -0.05) is 64.0 Å². The lowest BCUT2D eigenvalue weighted by Gasteiger charge is -2.40. The van der Waals surface area contributed by atoms with E-state index in [0.717, 1.165) is 5.56 Å². The summed E-state index contributed by atoms with van der Waals surface area (Å²) in [5.74, 6) is -1.63. The highest BCUT2D eigenvalue weighted by Crippen LogP contribution is 2.46. The van der Waals surface area contributed by atoms with Gasteiger partial charge in [0.05, 0.1) is 22.6 Å². The van der Waals surface area contributed by atoms with Crippen LogP contribution in [0.3, 0.4) is 0 Å². The molecule has 0 amide bonds. The van der Waals surface area contributed by atoms with Crippen LogP contribution in [-0.2, 0) is 14.8 Å². The number of hydrogen-bond donors (Lipinski definition) is 1. The van der Waals surface area contributed by atoms with Crippen LogP contribution < -0.4 is 0 Å². The summed E-state index contributed by atoms with van der Waals surface area (Å²) in [5.41, 5.74) is 1.97. The van der Waals surface area contributed by atoms with Gasteiger partial charge >= 0.3 is 5.97 Å². The Morgan fingerprint density at radius 3 is 2.30 bits per heavy atom. The number of hydrogen-bond acceptors (Lipinski definition) is 3. The third-order valence-corrected chi connectivity index (χ3v) is 8.06. The highest BCUT2D eigenvalue weighted by Gasteiger charge is 2.44. The molecule has 1 N–H and O–H groups in total. The Morgan fingerprint density at radius 2 is 1.70 bits per heavy atom. The van der Waals surface area contributed by atoms with Crippen molar-refractivity contribution in [3.63, 3.8) is 0 Å². The number of nitrogens with zero attached hydrogens (tertiary/aromatic N) is 1. The van der Waals surface area contributed by atoms with Crippen LogP contribution in [0.4, 0.5) is 4.39 Å². The average molecular weight is 530 g/mol. The van der Waals surface area contributed by atoms with Crippen LogP contribution in [0.15, 0.2) is 93.8 Å². The fraction of sp³-hybridized carbons (Fsp3) is 0.160. The van der Waals surface area contributed by atoms with Crippen LogP contribution in [0.2, 0.25) is 0 Å². The third kappa shape index (κ3) is 4.64. The summed E-state index contributed by atoms with van der Waals surface area (Å²) in [6.07, 6.45) is 1.70. The standard InChI is InChI=1S/C25H21BrFNO4S/c1-16-5-11-21(12-6-16)33(31,32)28-23(17-7-9-20(27)10-8-17)14-13-22(25(29)30)24(28)18-3-2-4-19(26)15-18/h2-13,15,23-24H,14H2,1H3,(H,29,30)/t23-,24-/m0/s1. The summed E-state index contributed by atoms with van der Waals surface area (Å²) in [6, 6.07) is 17.2. The first kappa shape index (κ1) is 23.4. The molecule has 2 atom stereocenters. The molecule has 0 unspecified atom stereocenters. The molecule has 0 saturated heterocycles. The van der Waals surface area contributed by atoms with Crippen molar-refractivity contribution in [3.05, 3.63) is 111 Å². The molecule has 3 aromatic rings. The Kier molecular flexibility index (Phi) is 6.52. The van der Waals surface area contributed by atoms with Gasteiger partial charge in [0.1, 0.15) is 5.82 Å². The first-order valence-corrected chi connectivity index (χ1v) is 12.5. The second kappa shape index (κ2) is 9.21. The lowest BCUT2D eigenvalue weighted by atomic mass is 9.89. The second-order valence-corrected chi connectivity index (χ2v) is 10.6. The van der Waals surface area contributed by atoms with E-state index in [1.54, 1.807) is 42.5 Å². The minimum Gasteiger partial charge on any atom is -0.478 e. The van der Waals surface area contributed by atoms with Crippen molar-refractivity contribution in [2.24, 2.45) is 0 Å². The molecular weight excluding hydrogens is 509 g/mol. The molecule has 1 aliphatic rings. The Hall–Kier alpha value is -2.81. The summed E-state index contributed by atoms with van der Waals surface area (Å²) >= 11 is 3.40. The largest absolute Gasteiger partial charge is 0.478 e. The molecule has 1 aliphatic heterocycles. The minimum absolute atomic E-state index is 0.0258. The number of carbonyl (C=O) groups is 1. The van der Waals surface area contributed by atoms with Crippen molar-refractivity contribution in [1.82, 2.24) is 4.31 Å². The lowest BCUT2D eigenvalue weighted by molar-refractivity contribution is -0.133. The van der Waals surface area contributed by atoms with E-state index < -0.39 is 33.9 Å². The number of sulfonamides is 1. The monoisotopic (exact) mass is 529 g/mol. The molecule has 5 nitrogen and oxygen atoms in total. The van der Waals surface area contributed by atoms with Gasteiger partial charge in [0.15, 0.2) is 0 Å². The van der Waals surface area contributed by atoms with Crippen molar-refractivity contribution in [3.8, 4) is 0 Å². The third-order valence-electron chi connectivity index (χ3n) is 5.68. The summed E-state index contributed by atoms with van der Waals surface area (Å²) < 4.78 is 43.6. The molecule has 0 saturated carbocycles. The topological polar surface area (TPSA) is 74.7 Å². The SMILES string of the molecule is Cc1ccc(S(=O)(=O)N2[C@@H](c3cccc(Br)c3)C(C(=O)O)=CC[C@H]2c2ccc(F)cc2)cc1. The van der Waals surface area contributed by atoms with E-state index in [1.807, 2.05) is 6.92 Å². The van der Waals surface area contributed by atoms with Crippen LogP contribution in [-0.4, -0.2) is 23.8 Å². The predicted octanol–water partition coefficient (Wildman–Crippen LogP) is 5.78. The highest BCUT2D eigenvalue weighted by molar-refractivity contribution is 9.10. The summed E-state index contributed by atoms with van der Waals surface area (Å²) in [5, 5.41) is 9.97. The fourth-order valence-corrected chi connectivity index (χ4v) is 6.28. The zero-order valence-corrected chi connectivity index (χ0v) is 20.1. The molecule has 33 heavy (non-hydrogen) atoms. The van der Waals surface area contributed by atoms with Gasteiger partial charge in [-0.15, -0.1) is 0 Å². The quantitative estimate of drug-likeness (QED) is 0.454. The predicted molar refractivity (Wildman–Crippen MR) is 127 cm³/mol. The zero-order valence-electron chi connectivity index (χ0n) is 17.7. The van der Waals surface area contributed by atoms with Crippen molar-refractivity contribution >= 4 is 31.9 Å². The molecule has 1 heterocycles. The number of carboxylic acid groups (broad SMARTS) is 1. The van der Waals surface area contributed by atoms with E-state index in [1.165, 1.54) is 40.7 Å². The Balaban J connectivity index is 1.97. The molecule has 0 radical (unpaired) electrons. The van der Waals surface area contributed by atoms with Gasteiger partial charge in [-0.3, -0.25) is 0 Å². The van der Waals surface area contributed by atoms with Crippen LogP contribution >= 0.6 is 15.9 Å². The molecule has 8 heteroatoms. The van der Waals surface area contributed by atoms with E-state index in [4.69, 9.17) is 0 Å². The van der Waals surface area contributed by atoms with Crippen molar-refractivity contribution < 1.29 is 22.7 Å². The van der Waals surface area contributed by atoms with E-state index in [0.29, 0.717) is 15.6 Å². The Bertz CT molecular complexity index is 1320. The Labute approximate surface area is 200 Å². The second-order valence-electron chi connectivity index (χ2n) is 7.87. The normalized spacial score (nSPS) is 19.2. The van der Waals surface area contributed by atoms with Gasteiger partial charge < -0.3 is 5.11 Å². The number of aliphatic carboxylic acids is 1. The number of rotatable bonds is 5. The first-order chi connectivity index (χ1) is 15.7. The van der Waals surface area contributed by atoms with Crippen LogP contribution in [0.5, 0.6) is 0 Å². The highest BCUT2D eigenvalue weighted by atomic mass is 79.9. The minimum atomic E-state index is -4.14. The number of benzene rings is 3. The molecule has 170 valence electrons.